The van der Waals surface area contributed by atoms with Gasteiger partial charge in [-0.15, -0.1) is 0 Å². The number of rotatable bonds is 5. The highest BCUT2D eigenvalue weighted by atomic mass is 16.5. The number of amides is 2. The second kappa shape index (κ2) is 7.38. The van der Waals surface area contributed by atoms with Gasteiger partial charge < -0.3 is 19.6 Å². The first-order chi connectivity index (χ1) is 15.0. The maximum Gasteiger partial charge on any atom is 0.226 e. The molecule has 6 nitrogen and oxygen atoms in total. The average molecular weight is 421 g/mol. The lowest BCUT2D eigenvalue weighted by molar-refractivity contribution is -0.203. The van der Waals surface area contributed by atoms with Crippen molar-refractivity contribution in [1.82, 2.24) is 9.80 Å². The van der Waals surface area contributed by atoms with Gasteiger partial charge in [-0.2, -0.15) is 0 Å². The van der Waals surface area contributed by atoms with Crippen molar-refractivity contribution in [1.29, 1.82) is 0 Å². The second-order valence-corrected chi connectivity index (χ2v) is 9.01. The Hall–Kier alpha value is -2.86. The van der Waals surface area contributed by atoms with Crippen LogP contribution < -0.4 is 4.74 Å². The van der Waals surface area contributed by atoms with Crippen molar-refractivity contribution in [2.45, 2.75) is 37.3 Å². The molecule has 2 heterocycles. The van der Waals surface area contributed by atoms with Crippen LogP contribution in [0.25, 0.3) is 11.1 Å². The lowest BCUT2D eigenvalue weighted by Gasteiger charge is -2.70. The number of hydrogen-bond acceptors (Lipinski definition) is 4. The Kier molecular flexibility index (Phi) is 4.77. The third-order valence-electron chi connectivity index (χ3n) is 7.19. The highest BCUT2D eigenvalue weighted by Gasteiger charge is 2.68. The molecule has 1 spiro atoms. The van der Waals surface area contributed by atoms with Gasteiger partial charge in [0.2, 0.25) is 11.8 Å². The van der Waals surface area contributed by atoms with Crippen LogP contribution in [0.2, 0.25) is 0 Å². The van der Waals surface area contributed by atoms with Gasteiger partial charge >= 0.3 is 0 Å². The molecule has 3 fully saturated rings. The van der Waals surface area contributed by atoms with Gasteiger partial charge in [0.05, 0.1) is 25.3 Å². The Bertz CT molecular complexity index is 1010. The fourth-order valence-corrected chi connectivity index (χ4v) is 5.47. The number of para-hydroxylation sites is 1. The predicted molar refractivity (Wildman–Crippen MR) is 117 cm³/mol. The number of likely N-dealkylation sites (tertiary alicyclic amines) is 2. The molecule has 0 unspecified atom stereocenters. The van der Waals surface area contributed by atoms with Gasteiger partial charge in [-0.05, 0) is 30.0 Å². The van der Waals surface area contributed by atoms with Crippen LogP contribution in [0.5, 0.6) is 5.75 Å². The highest BCUT2D eigenvalue weighted by Crippen LogP contribution is 2.55. The summed E-state index contributed by atoms with van der Waals surface area (Å²) >= 11 is 0. The van der Waals surface area contributed by atoms with Crippen LogP contribution in [0.15, 0.2) is 48.5 Å². The zero-order chi connectivity index (χ0) is 21.8. The van der Waals surface area contributed by atoms with E-state index >= 15 is 0 Å². The lowest BCUT2D eigenvalue weighted by Crippen LogP contribution is -2.86. The molecular formula is C25H28N2O4. The summed E-state index contributed by atoms with van der Waals surface area (Å²) in [6.45, 7) is 2.57. The molecule has 0 radical (unpaired) electrons. The summed E-state index contributed by atoms with van der Waals surface area (Å²) in [7, 11) is 1.67. The summed E-state index contributed by atoms with van der Waals surface area (Å²) in [5.41, 5.74) is 2.78. The van der Waals surface area contributed by atoms with Gasteiger partial charge in [-0.1, -0.05) is 42.5 Å². The molecule has 2 atom stereocenters. The molecule has 2 amide bonds. The van der Waals surface area contributed by atoms with E-state index in [1.54, 1.807) is 18.9 Å². The monoisotopic (exact) mass is 420 g/mol. The van der Waals surface area contributed by atoms with E-state index in [4.69, 9.17) is 4.74 Å². The Morgan fingerprint density at radius 3 is 2.35 bits per heavy atom. The summed E-state index contributed by atoms with van der Waals surface area (Å²) in [4.78, 5) is 28.6. The first kappa shape index (κ1) is 20.1. The minimum absolute atomic E-state index is 0.0162. The van der Waals surface area contributed by atoms with Gasteiger partial charge in [0.25, 0.3) is 0 Å². The molecule has 6 heteroatoms. The quantitative estimate of drug-likeness (QED) is 0.808. The summed E-state index contributed by atoms with van der Waals surface area (Å²) in [6, 6.07) is 16.0. The van der Waals surface area contributed by atoms with Crippen molar-refractivity contribution in [3.05, 3.63) is 54.1 Å². The maximum absolute atomic E-state index is 13.0. The molecule has 0 aromatic heterocycles. The minimum atomic E-state index is -0.398. The number of hydrogen-bond donors (Lipinski definition) is 1. The summed E-state index contributed by atoms with van der Waals surface area (Å²) in [6.07, 6.45) is 1.86. The van der Waals surface area contributed by atoms with Crippen LogP contribution in [0.4, 0.5) is 0 Å². The molecule has 1 aliphatic carbocycles. The zero-order valence-electron chi connectivity index (χ0n) is 18.0. The number of benzene rings is 2. The third kappa shape index (κ3) is 3.04. The Morgan fingerprint density at radius 2 is 1.77 bits per heavy atom. The third-order valence-corrected chi connectivity index (χ3v) is 7.19. The molecule has 1 saturated carbocycles. The maximum atomic E-state index is 13.0. The topological polar surface area (TPSA) is 70.1 Å². The van der Waals surface area contributed by atoms with E-state index in [9.17, 15) is 14.7 Å². The van der Waals surface area contributed by atoms with Crippen molar-refractivity contribution in [2.24, 2.45) is 5.92 Å². The first-order valence-electron chi connectivity index (χ1n) is 10.9. The fraction of sp³-hybridized carbons (Fsp3) is 0.440. The van der Waals surface area contributed by atoms with Gasteiger partial charge in [0, 0.05) is 37.4 Å². The molecule has 162 valence electrons. The summed E-state index contributed by atoms with van der Waals surface area (Å²) in [5.74, 6) is 1.10. The number of methoxy groups -OCH3 is 1. The van der Waals surface area contributed by atoms with Crippen LogP contribution in [0, 0.1) is 5.92 Å². The largest absolute Gasteiger partial charge is 0.496 e. The van der Waals surface area contributed by atoms with E-state index in [0.29, 0.717) is 13.1 Å². The van der Waals surface area contributed by atoms with Crippen LogP contribution in [0.1, 0.15) is 31.2 Å². The van der Waals surface area contributed by atoms with Crippen molar-refractivity contribution in [3.8, 4) is 16.9 Å². The molecule has 0 bridgehead atoms. The molecule has 2 aromatic rings. The smallest absolute Gasteiger partial charge is 0.226 e. The Morgan fingerprint density at radius 1 is 1.10 bits per heavy atom. The molecular weight excluding hydrogens is 392 g/mol. The number of carbonyl (C=O) groups is 2. The van der Waals surface area contributed by atoms with E-state index in [1.165, 1.54) is 0 Å². The van der Waals surface area contributed by atoms with Crippen LogP contribution >= 0.6 is 0 Å². The summed E-state index contributed by atoms with van der Waals surface area (Å²) < 4.78 is 5.49. The van der Waals surface area contributed by atoms with Gasteiger partial charge in [0.15, 0.2) is 0 Å². The van der Waals surface area contributed by atoms with E-state index in [2.05, 4.69) is 24.3 Å². The van der Waals surface area contributed by atoms with E-state index in [1.807, 2.05) is 29.2 Å². The van der Waals surface area contributed by atoms with Crippen LogP contribution in [-0.4, -0.2) is 65.1 Å². The number of aliphatic hydroxyl groups is 1. The second-order valence-electron chi connectivity index (χ2n) is 9.01. The molecule has 1 N–H and O–H groups in total. The number of aliphatic hydroxyl groups excluding tert-OH is 1. The first-order valence-corrected chi connectivity index (χ1v) is 10.9. The standard InChI is InChI=1S/C25H28N2O4/c1-16(29)26-14-25(15-26)23(21(13-28)27(25)24(30)19-11-12-19)18-9-7-17(8-10-18)20-5-3-4-6-22(20)31-2/h3-10,19,21,23,28H,11-15H2,1-2H3/t21-,23-/m1/s1. The number of carbonyl (C=O) groups excluding carboxylic acids is 2. The average Bonchev–Trinajstić information content (AvgIpc) is 3.58. The van der Waals surface area contributed by atoms with E-state index in [0.717, 1.165) is 35.3 Å². The number of nitrogens with zero attached hydrogens (tertiary/aromatic N) is 2. The summed E-state index contributed by atoms with van der Waals surface area (Å²) in [5, 5.41) is 10.2. The Balaban J connectivity index is 1.46. The predicted octanol–water partition coefficient (Wildman–Crippen LogP) is 2.66. The molecule has 3 aliphatic rings. The minimum Gasteiger partial charge on any atom is -0.496 e. The molecule has 31 heavy (non-hydrogen) atoms. The Labute approximate surface area is 182 Å². The molecule has 2 aliphatic heterocycles. The van der Waals surface area contributed by atoms with Crippen molar-refractivity contribution in [2.75, 3.05) is 26.8 Å². The van der Waals surface area contributed by atoms with Gasteiger partial charge in [0.1, 0.15) is 5.75 Å². The van der Waals surface area contributed by atoms with Crippen molar-refractivity contribution < 1.29 is 19.4 Å². The molecule has 2 saturated heterocycles. The number of ether oxygens (including phenoxy) is 1. The molecule has 5 rings (SSSR count). The fourth-order valence-electron chi connectivity index (χ4n) is 5.47. The van der Waals surface area contributed by atoms with Gasteiger partial charge in [-0.3, -0.25) is 9.59 Å². The van der Waals surface area contributed by atoms with Crippen molar-refractivity contribution in [3.63, 3.8) is 0 Å². The normalized spacial score (nSPS) is 23.8. The van der Waals surface area contributed by atoms with Crippen LogP contribution in [-0.2, 0) is 9.59 Å². The van der Waals surface area contributed by atoms with E-state index in [-0.39, 0.29) is 36.3 Å². The molecule has 2 aromatic carbocycles. The lowest BCUT2D eigenvalue weighted by atomic mass is 9.60. The highest BCUT2D eigenvalue weighted by molar-refractivity contribution is 5.85. The van der Waals surface area contributed by atoms with E-state index < -0.39 is 5.54 Å². The SMILES string of the molecule is COc1ccccc1-c1ccc([C@@H]2[C@@H](CO)N(C(=O)C3CC3)C23CN(C(C)=O)C3)cc1. The van der Waals surface area contributed by atoms with Gasteiger partial charge in [-0.25, -0.2) is 0 Å². The zero-order valence-corrected chi connectivity index (χ0v) is 18.0. The van der Waals surface area contributed by atoms with Crippen LogP contribution in [0.3, 0.4) is 0 Å². The van der Waals surface area contributed by atoms with Crippen molar-refractivity contribution >= 4 is 11.8 Å².